The van der Waals surface area contributed by atoms with Crippen molar-refractivity contribution in [3.05, 3.63) is 39.9 Å². The monoisotopic (exact) mass is 185 g/mol. The number of nitro groups is 1. The van der Waals surface area contributed by atoms with Crippen LogP contribution in [0, 0.1) is 10.1 Å². The number of hydrogen-bond donors (Lipinski definition) is 0. The zero-order valence-corrected chi connectivity index (χ0v) is 6.27. The molecule has 5 nitrogen and oxygen atoms in total. The van der Waals surface area contributed by atoms with Crippen LogP contribution >= 0.6 is 0 Å². The van der Waals surface area contributed by atoms with Crippen molar-refractivity contribution in [1.29, 1.82) is 0 Å². The van der Waals surface area contributed by atoms with Gasteiger partial charge in [0.15, 0.2) is 0 Å². The third-order valence-electron chi connectivity index (χ3n) is 1.38. The molecule has 0 amide bonds. The van der Waals surface area contributed by atoms with Gasteiger partial charge in [0.2, 0.25) is 0 Å². The first-order valence-electron chi connectivity index (χ1n) is 3.22. The number of nitrogens with zero attached hydrogens (tertiary/aromatic N) is 1. The van der Waals surface area contributed by atoms with Gasteiger partial charge in [0, 0.05) is 16.7 Å². The summed E-state index contributed by atoms with van der Waals surface area (Å²) in [6, 6.07) is 4.40. The van der Waals surface area contributed by atoms with E-state index in [1.165, 1.54) is 0 Å². The van der Waals surface area contributed by atoms with Crippen molar-refractivity contribution in [2.75, 3.05) is 0 Å². The van der Waals surface area contributed by atoms with Crippen LogP contribution in [0.15, 0.2) is 24.3 Å². The number of non-ortho nitro benzene ring substituents is 1. The minimum absolute atomic E-state index is 0.0758. The van der Waals surface area contributed by atoms with E-state index in [0.29, 0.717) is 0 Å². The summed E-state index contributed by atoms with van der Waals surface area (Å²) in [7, 11) is 0. The van der Waals surface area contributed by atoms with Gasteiger partial charge in [-0.15, -0.1) is 0 Å². The average Bonchev–Trinajstić information content (AvgIpc) is 2.17. The lowest BCUT2D eigenvalue weighted by Crippen LogP contribution is -1.98. The summed E-state index contributed by atoms with van der Waals surface area (Å²) in [4.78, 5) is 23.0. The summed E-state index contributed by atoms with van der Waals surface area (Å²) in [5.74, 6) is -1.17. The topological polar surface area (TPSA) is 69.4 Å². The number of hydrogen-bond acceptors (Lipinski definition) is 4. The third-order valence-corrected chi connectivity index (χ3v) is 1.38. The Morgan fingerprint density at radius 2 is 1.92 bits per heavy atom. The molecule has 0 aliphatic carbocycles. The fourth-order valence-electron chi connectivity index (χ4n) is 0.764. The van der Waals surface area contributed by atoms with Crippen molar-refractivity contribution in [2.24, 2.45) is 0 Å². The molecule has 13 heavy (non-hydrogen) atoms. The molecule has 0 heterocycles. The lowest BCUT2D eigenvalue weighted by atomic mass is 10.2. The van der Waals surface area contributed by atoms with E-state index in [-0.39, 0.29) is 11.3 Å². The third kappa shape index (κ3) is 1.98. The molecule has 68 valence electrons. The highest BCUT2D eigenvalue weighted by Gasteiger charge is 2.10. The first kappa shape index (κ1) is 9.11. The minimum atomic E-state index is -1.17. The number of carbonyl (C=O) groups is 1. The van der Waals surface area contributed by atoms with E-state index in [1.807, 2.05) is 0 Å². The van der Waals surface area contributed by atoms with Crippen LogP contribution in [0.1, 0.15) is 10.4 Å². The molecule has 0 saturated heterocycles. The van der Waals surface area contributed by atoms with E-state index in [4.69, 9.17) is 0 Å². The Bertz CT molecular complexity index is 335. The summed E-state index contributed by atoms with van der Waals surface area (Å²) in [6.07, 6.45) is 0. The van der Waals surface area contributed by atoms with Crippen molar-refractivity contribution in [3.63, 3.8) is 0 Å². The van der Waals surface area contributed by atoms with E-state index < -0.39 is 10.9 Å². The van der Waals surface area contributed by atoms with Crippen molar-refractivity contribution < 1.29 is 19.2 Å². The van der Waals surface area contributed by atoms with Crippen LogP contribution in [0.2, 0.25) is 0 Å². The summed E-state index contributed by atoms with van der Waals surface area (Å²) < 4.78 is 11.3. The Morgan fingerprint density at radius 3 is 2.31 bits per heavy atom. The SMILES string of the molecule is O=C(OF)c1ccc([N+](=O)[O-])cc1. The van der Waals surface area contributed by atoms with E-state index in [2.05, 4.69) is 4.94 Å². The van der Waals surface area contributed by atoms with Gasteiger partial charge in [0.1, 0.15) is 0 Å². The fraction of sp³-hybridized carbons (Fsp3) is 0. The van der Waals surface area contributed by atoms with Gasteiger partial charge in [-0.1, -0.05) is 0 Å². The maximum atomic E-state index is 11.3. The zero-order valence-electron chi connectivity index (χ0n) is 6.27. The molecule has 1 aromatic rings. The summed E-state index contributed by atoms with van der Waals surface area (Å²) in [5, 5.41) is 10.2. The van der Waals surface area contributed by atoms with Crippen molar-refractivity contribution in [2.45, 2.75) is 0 Å². The first-order valence-corrected chi connectivity index (χ1v) is 3.22. The standard InChI is InChI=1S/C7H4FNO4/c8-13-7(10)5-1-3-6(4-2-5)9(11)12/h1-4H. The second kappa shape index (κ2) is 3.61. The van der Waals surface area contributed by atoms with Crippen LogP contribution in [0.4, 0.5) is 10.2 Å². The molecule has 1 rings (SSSR count). The Morgan fingerprint density at radius 1 is 1.38 bits per heavy atom. The summed E-state index contributed by atoms with van der Waals surface area (Å²) in [6.45, 7) is 0. The predicted molar refractivity (Wildman–Crippen MR) is 39.6 cm³/mol. The van der Waals surface area contributed by atoms with Crippen LogP contribution in [0.3, 0.4) is 0 Å². The summed E-state index contributed by atoms with van der Waals surface area (Å²) in [5.41, 5.74) is -0.247. The largest absolute Gasteiger partial charge is 0.379 e. The number of rotatable bonds is 2. The molecule has 0 fully saturated rings. The van der Waals surface area contributed by atoms with Gasteiger partial charge in [0.25, 0.3) is 5.69 Å². The summed E-state index contributed by atoms with van der Waals surface area (Å²) >= 11 is 0. The molecular weight excluding hydrogens is 181 g/mol. The van der Waals surface area contributed by atoms with Gasteiger partial charge in [0.05, 0.1) is 10.5 Å². The molecule has 1 aromatic carbocycles. The molecule has 0 unspecified atom stereocenters. The molecule has 0 aliphatic heterocycles. The molecule has 0 spiro atoms. The molecule has 0 aliphatic rings. The lowest BCUT2D eigenvalue weighted by molar-refractivity contribution is -0.384. The van der Waals surface area contributed by atoms with Gasteiger partial charge in [-0.2, -0.15) is 0 Å². The fourth-order valence-corrected chi connectivity index (χ4v) is 0.764. The molecule has 0 aromatic heterocycles. The second-order valence-corrected chi connectivity index (χ2v) is 2.17. The highest BCUT2D eigenvalue weighted by molar-refractivity contribution is 5.89. The average molecular weight is 185 g/mol. The quantitative estimate of drug-likeness (QED) is 0.518. The van der Waals surface area contributed by atoms with Gasteiger partial charge in [-0.25, -0.2) is 9.74 Å². The van der Waals surface area contributed by atoms with Crippen LogP contribution in [-0.2, 0) is 4.94 Å². The van der Waals surface area contributed by atoms with Crippen LogP contribution in [-0.4, -0.2) is 10.9 Å². The molecule has 0 bridgehead atoms. The minimum Gasteiger partial charge on any atom is -0.258 e. The van der Waals surface area contributed by atoms with Gasteiger partial charge in [-0.05, 0) is 12.1 Å². The molecule has 6 heteroatoms. The van der Waals surface area contributed by atoms with Crippen molar-refractivity contribution in [3.8, 4) is 0 Å². The Balaban J connectivity index is 2.93. The molecule has 0 saturated carbocycles. The van der Waals surface area contributed by atoms with Crippen molar-refractivity contribution in [1.82, 2.24) is 0 Å². The van der Waals surface area contributed by atoms with E-state index in [0.717, 1.165) is 24.3 Å². The zero-order chi connectivity index (χ0) is 9.84. The Kier molecular flexibility index (Phi) is 2.53. The molecule has 0 radical (unpaired) electrons. The number of benzene rings is 1. The normalized spacial score (nSPS) is 9.31. The van der Waals surface area contributed by atoms with Crippen molar-refractivity contribution >= 4 is 11.7 Å². The van der Waals surface area contributed by atoms with Gasteiger partial charge < -0.3 is 0 Å². The maximum Gasteiger partial charge on any atom is 0.379 e. The maximum absolute atomic E-state index is 11.3. The predicted octanol–water partition coefficient (Wildman–Crippen LogP) is 1.64. The second-order valence-electron chi connectivity index (χ2n) is 2.17. The molecule has 0 N–H and O–H groups in total. The van der Waals surface area contributed by atoms with E-state index in [9.17, 15) is 19.4 Å². The molecular formula is C7H4FNO4. The first-order chi connectivity index (χ1) is 6.15. The highest BCUT2D eigenvalue weighted by atomic mass is 19.3. The highest BCUT2D eigenvalue weighted by Crippen LogP contribution is 2.12. The number of carbonyl (C=O) groups excluding carboxylic acids is 1. The van der Waals surface area contributed by atoms with E-state index in [1.54, 1.807) is 0 Å². The Hall–Kier alpha value is -1.98. The van der Waals surface area contributed by atoms with Crippen LogP contribution < -0.4 is 0 Å². The van der Waals surface area contributed by atoms with Crippen LogP contribution in [0.25, 0.3) is 0 Å². The lowest BCUT2D eigenvalue weighted by Gasteiger charge is -1.93. The van der Waals surface area contributed by atoms with Crippen LogP contribution in [0.5, 0.6) is 0 Å². The smallest absolute Gasteiger partial charge is 0.258 e. The number of nitro benzene ring substituents is 1. The Labute approximate surface area is 71.8 Å². The number of halogens is 1. The van der Waals surface area contributed by atoms with E-state index >= 15 is 0 Å². The van der Waals surface area contributed by atoms with Gasteiger partial charge >= 0.3 is 5.97 Å². The molecule has 0 atom stereocenters. The van der Waals surface area contributed by atoms with Gasteiger partial charge in [-0.3, -0.25) is 10.1 Å².